The van der Waals surface area contributed by atoms with Crippen LogP contribution in [0, 0.1) is 5.82 Å². The van der Waals surface area contributed by atoms with Crippen LogP contribution in [0.4, 0.5) is 4.39 Å². The van der Waals surface area contributed by atoms with Gasteiger partial charge >= 0.3 is 0 Å². The van der Waals surface area contributed by atoms with E-state index in [-0.39, 0.29) is 11.9 Å². The molecule has 1 aromatic heterocycles. The maximum atomic E-state index is 13.5. The Morgan fingerprint density at radius 3 is 2.80 bits per heavy atom. The lowest BCUT2D eigenvalue weighted by molar-refractivity contribution is 0.502. The summed E-state index contributed by atoms with van der Waals surface area (Å²) in [5, 5.41) is 7.59. The topological polar surface area (TPSA) is 29.9 Å². The van der Waals surface area contributed by atoms with Crippen molar-refractivity contribution in [2.75, 3.05) is 6.54 Å². The van der Waals surface area contributed by atoms with E-state index >= 15 is 0 Å². The number of aromatic nitrogens is 2. The average molecular weight is 340 g/mol. The third kappa shape index (κ3) is 3.90. The molecule has 0 aliphatic rings. The molecule has 1 heterocycles. The Morgan fingerprint density at radius 2 is 2.20 bits per heavy atom. The first kappa shape index (κ1) is 15.2. The first-order valence-corrected chi connectivity index (χ1v) is 7.55. The number of rotatable bonds is 6. The van der Waals surface area contributed by atoms with Crippen LogP contribution in [0.15, 0.2) is 34.9 Å². The van der Waals surface area contributed by atoms with Crippen molar-refractivity contribution in [1.29, 1.82) is 0 Å². The molecule has 3 nitrogen and oxygen atoms in total. The molecule has 0 spiro atoms. The number of hydrogen-bond donors (Lipinski definition) is 1. The highest BCUT2D eigenvalue weighted by molar-refractivity contribution is 9.10. The number of nitrogens with zero attached hydrogens (tertiary/aromatic N) is 2. The Balaban J connectivity index is 2.12. The van der Waals surface area contributed by atoms with Crippen LogP contribution in [0.5, 0.6) is 0 Å². The molecule has 1 aromatic carbocycles. The van der Waals surface area contributed by atoms with Gasteiger partial charge in [0.05, 0.1) is 0 Å². The van der Waals surface area contributed by atoms with E-state index in [9.17, 15) is 4.39 Å². The summed E-state index contributed by atoms with van der Waals surface area (Å²) in [6, 6.07) is 7.21. The van der Waals surface area contributed by atoms with Gasteiger partial charge in [-0.15, -0.1) is 0 Å². The van der Waals surface area contributed by atoms with E-state index in [0.29, 0.717) is 0 Å². The van der Waals surface area contributed by atoms with Crippen LogP contribution in [0.3, 0.4) is 0 Å². The molecular weight excluding hydrogens is 321 g/mol. The van der Waals surface area contributed by atoms with E-state index in [1.807, 2.05) is 23.9 Å². The van der Waals surface area contributed by atoms with Crippen LogP contribution in [0.2, 0.25) is 0 Å². The Hall–Kier alpha value is -1.20. The molecule has 2 rings (SSSR count). The summed E-state index contributed by atoms with van der Waals surface area (Å²) in [5.41, 5.74) is 2.16. The number of aryl methyl sites for hydroxylation is 2. The molecule has 1 atom stereocenters. The van der Waals surface area contributed by atoms with Gasteiger partial charge in [0.25, 0.3) is 0 Å². The smallest absolute Gasteiger partial charge is 0.124 e. The van der Waals surface area contributed by atoms with Crippen LogP contribution in [0.1, 0.15) is 30.6 Å². The molecule has 5 heteroatoms. The lowest BCUT2D eigenvalue weighted by Crippen LogP contribution is -2.22. The van der Waals surface area contributed by atoms with Crippen LogP contribution in [-0.2, 0) is 13.5 Å². The van der Waals surface area contributed by atoms with Gasteiger partial charge in [-0.05, 0) is 49.2 Å². The molecule has 0 fully saturated rings. The lowest BCUT2D eigenvalue weighted by atomic mass is 10.0. The van der Waals surface area contributed by atoms with Crippen molar-refractivity contribution < 1.29 is 4.39 Å². The van der Waals surface area contributed by atoms with Gasteiger partial charge in [0.15, 0.2) is 0 Å². The minimum Gasteiger partial charge on any atom is -0.310 e. The Morgan fingerprint density at radius 1 is 1.40 bits per heavy atom. The summed E-state index contributed by atoms with van der Waals surface area (Å²) in [7, 11) is 1.94. The van der Waals surface area contributed by atoms with Gasteiger partial charge in [0.2, 0.25) is 0 Å². The van der Waals surface area contributed by atoms with Crippen LogP contribution >= 0.6 is 15.9 Å². The second-order valence-corrected chi connectivity index (χ2v) is 5.71. The van der Waals surface area contributed by atoms with E-state index < -0.39 is 0 Å². The molecule has 20 heavy (non-hydrogen) atoms. The molecule has 0 saturated heterocycles. The zero-order valence-corrected chi connectivity index (χ0v) is 13.3. The zero-order valence-electron chi connectivity index (χ0n) is 11.7. The molecule has 0 saturated carbocycles. The molecule has 0 radical (unpaired) electrons. The highest BCUT2D eigenvalue weighted by Gasteiger charge is 2.13. The molecule has 0 amide bonds. The minimum absolute atomic E-state index is 0.141. The SMILES string of the molecule is CCNC(CCc1ccnn1C)c1cc(F)cc(Br)c1. The summed E-state index contributed by atoms with van der Waals surface area (Å²) in [6.45, 7) is 2.91. The summed E-state index contributed by atoms with van der Waals surface area (Å²) < 4.78 is 16.2. The standard InChI is InChI=1S/C15H19BrFN3/c1-3-18-15(5-4-14-6-7-19-20(14)2)11-8-12(16)10-13(17)9-11/h6-10,15,18H,3-5H2,1-2H3. The Kier molecular flexibility index (Phi) is 5.31. The van der Waals surface area contributed by atoms with Crippen molar-refractivity contribution in [1.82, 2.24) is 15.1 Å². The maximum Gasteiger partial charge on any atom is 0.124 e. The normalized spacial score (nSPS) is 12.6. The van der Waals surface area contributed by atoms with Crippen molar-refractivity contribution in [2.24, 2.45) is 7.05 Å². The summed E-state index contributed by atoms with van der Waals surface area (Å²) in [6.07, 6.45) is 3.61. The maximum absolute atomic E-state index is 13.5. The van der Waals surface area contributed by atoms with Crippen LogP contribution < -0.4 is 5.32 Å². The highest BCUT2D eigenvalue weighted by atomic mass is 79.9. The first-order valence-electron chi connectivity index (χ1n) is 6.76. The van der Waals surface area contributed by atoms with Gasteiger partial charge < -0.3 is 5.32 Å². The van der Waals surface area contributed by atoms with E-state index in [1.165, 1.54) is 11.8 Å². The van der Waals surface area contributed by atoms with E-state index in [4.69, 9.17) is 0 Å². The van der Waals surface area contributed by atoms with Crippen molar-refractivity contribution in [3.05, 3.63) is 52.0 Å². The van der Waals surface area contributed by atoms with Gasteiger partial charge in [0.1, 0.15) is 5.82 Å². The van der Waals surface area contributed by atoms with Crippen molar-refractivity contribution in [3.8, 4) is 0 Å². The van der Waals surface area contributed by atoms with E-state index in [1.54, 1.807) is 12.3 Å². The second kappa shape index (κ2) is 6.99. The quantitative estimate of drug-likeness (QED) is 0.871. The van der Waals surface area contributed by atoms with Gasteiger partial charge in [-0.2, -0.15) is 5.10 Å². The molecule has 1 unspecified atom stereocenters. The molecule has 0 aliphatic carbocycles. The molecule has 0 bridgehead atoms. The first-order chi connectivity index (χ1) is 9.60. The summed E-state index contributed by atoms with van der Waals surface area (Å²) in [4.78, 5) is 0. The van der Waals surface area contributed by atoms with Crippen LogP contribution in [0.25, 0.3) is 0 Å². The van der Waals surface area contributed by atoms with E-state index in [0.717, 1.165) is 29.4 Å². The van der Waals surface area contributed by atoms with Gasteiger partial charge in [-0.25, -0.2) is 4.39 Å². The fraction of sp³-hybridized carbons (Fsp3) is 0.400. The third-order valence-electron chi connectivity index (χ3n) is 3.35. The summed E-state index contributed by atoms with van der Waals surface area (Å²) >= 11 is 3.35. The molecule has 108 valence electrons. The fourth-order valence-electron chi connectivity index (χ4n) is 2.35. The molecule has 2 aromatic rings. The van der Waals surface area contributed by atoms with Crippen molar-refractivity contribution in [3.63, 3.8) is 0 Å². The van der Waals surface area contributed by atoms with Crippen molar-refractivity contribution in [2.45, 2.75) is 25.8 Å². The van der Waals surface area contributed by atoms with Gasteiger partial charge in [-0.1, -0.05) is 22.9 Å². The molecular formula is C15H19BrFN3. The van der Waals surface area contributed by atoms with Crippen molar-refractivity contribution >= 4 is 15.9 Å². The summed E-state index contributed by atoms with van der Waals surface area (Å²) in [5.74, 6) is -0.210. The second-order valence-electron chi connectivity index (χ2n) is 4.80. The molecule has 0 aliphatic heterocycles. The Labute approximate surface area is 127 Å². The minimum atomic E-state index is -0.210. The fourth-order valence-corrected chi connectivity index (χ4v) is 2.83. The van der Waals surface area contributed by atoms with Gasteiger partial charge in [-0.3, -0.25) is 4.68 Å². The van der Waals surface area contributed by atoms with Crippen LogP contribution in [-0.4, -0.2) is 16.3 Å². The number of nitrogens with one attached hydrogen (secondary N) is 1. The third-order valence-corrected chi connectivity index (χ3v) is 3.81. The zero-order chi connectivity index (χ0) is 14.5. The lowest BCUT2D eigenvalue weighted by Gasteiger charge is -2.19. The number of hydrogen-bond acceptors (Lipinski definition) is 2. The van der Waals surface area contributed by atoms with E-state index in [2.05, 4.69) is 33.3 Å². The predicted molar refractivity (Wildman–Crippen MR) is 82.0 cm³/mol. The largest absolute Gasteiger partial charge is 0.310 e. The highest BCUT2D eigenvalue weighted by Crippen LogP contribution is 2.24. The Bertz CT molecular complexity index is 548. The average Bonchev–Trinajstić information content (AvgIpc) is 2.79. The number of benzene rings is 1. The molecule has 1 N–H and O–H groups in total. The predicted octanol–water partition coefficient (Wildman–Crippen LogP) is 3.61. The van der Waals surface area contributed by atoms with Gasteiger partial charge in [0, 0.05) is 29.5 Å². The number of halogens is 2. The monoisotopic (exact) mass is 339 g/mol.